The van der Waals surface area contributed by atoms with Crippen LogP contribution in [-0.2, 0) is 0 Å². The molecule has 1 unspecified atom stereocenters. The van der Waals surface area contributed by atoms with Crippen molar-refractivity contribution in [3.8, 4) is 0 Å². The largest absolute Gasteiger partial charge is 0.380 e. The summed E-state index contributed by atoms with van der Waals surface area (Å²) in [6.45, 7) is 8.39. The van der Waals surface area contributed by atoms with Crippen LogP contribution in [0.1, 0.15) is 0 Å². The van der Waals surface area contributed by atoms with Crippen molar-refractivity contribution >= 4 is 0 Å². The molecule has 0 aromatic heterocycles. The van der Waals surface area contributed by atoms with E-state index in [9.17, 15) is 0 Å². The van der Waals surface area contributed by atoms with E-state index in [2.05, 4.69) is 29.6 Å². The predicted octanol–water partition coefficient (Wildman–Crippen LogP) is 0.933. The number of hydrogen-bond acceptors (Lipinski definition) is 2. The van der Waals surface area contributed by atoms with Gasteiger partial charge < -0.3 is 4.90 Å². The molecule has 0 spiro atoms. The second-order valence-corrected chi connectivity index (χ2v) is 3.82. The lowest BCUT2D eigenvalue weighted by Gasteiger charge is -2.15. The molecule has 0 bridgehead atoms. The van der Waals surface area contributed by atoms with Crippen molar-refractivity contribution in [3.63, 3.8) is 0 Å². The van der Waals surface area contributed by atoms with Crippen molar-refractivity contribution in [3.05, 3.63) is 24.4 Å². The Hall–Kier alpha value is -0.760. The number of rotatable bonds is 2. The summed E-state index contributed by atoms with van der Waals surface area (Å²) in [6, 6.07) is 0. The van der Waals surface area contributed by atoms with Gasteiger partial charge in [0.15, 0.2) is 0 Å². The molecule has 66 valence electrons. The monoisotopic (exact) mass is 164 g/mol. The molecule has 0 aromatic carbocycles. The number of hydrogen-bond donors (Lipinski definition) is 0. The molecule has 1 saturated heterocycles. The summed E-state index contributed by atoms with van der Waals surface area (Å²) in [5.74, 6) is 0.801. The lowest BCUT2D eigenvalue weighted by molar-refractivity contribution is 0.330. The van der Waals surface area contributed by atoms with Gasteiger partial charge in [0.1, 0.15) is 0 Å². The molecule has 0 aliphatic carbocycles. The summed E-state index contributed by atoms with van der Waals surface area (Å²) in [7, 11) is 2.16. The Labute approximate surface area is 74.2 Å². The molecule has 0 amide bonds. The average Bonchev–Trinajstić information content (AvgIpc) is 2.44. The minimum Gasteiger partial charge on any atom is -0.380 e. The molecule has 2 aliphatic rings. The van der Waals surface area contributed by atoms with Crippen LogP contribution >= 0.6 is 0 Å². The highest BCUT2D eigenvalue weighted by Crippen LogP contribution is 2.28. The van der Waals surface area contributed by atoms with Gasteiger partial charge in [0.25, 0.3) is 0 Å². The number of nitrogens with zero attached hydrogens (tertiary/aromatic N) is 2. The maximum Gasteiger partial charge on any atom is 0.0248 e. The normalized spacial score (nSPS) is 28.9. The Kier molecular flexibility index (Phi) is 1.93. The Balaban J connectivity index is 1.99. The highest BCUT2D eigenvalue weighted by molar-refractivity contribution is 5.19. The standard InChI is InChI=1S/C10H16N2/c1-3-4-12-7-9-5-11(2)6-10(9)8-12/h3,5,10H,1,4,6-8H2,2H3. The molecule has 1 atom stereocenters. The van der Waals surface area contributed by atoms with E-state index in [1.807, 2.05) is 6.08 Å². The van der Waals surface area contributed by atoms with Crippen molar-refractivity contribution in [1.29, 1.82) is 0 Å². The molecule has 2 nitrogen and oxygen atoms in total. The predicted molar refractivity (Wildman–Crippen MR) is 50.8 cm³/mol. The van der Waals surface area contributed by atoms with Gasteiger partial charge in [0, 0.05) is 39.1 Å². The van der Waals surface area contributed by atoms with E-state index in [1.54, 1.807) is 5.57 Å². The van der Waals surface area contributed by atoms with Crippen molar-refractivity contribution in [1.82, 2.24) is 9.80 Å². The van der Waals surface area contributed by atoms with E-state index in [4.69, 9.17) is 0 Å². The van der Waals surface area contributed by atoms with Crippen molar-refractivity contribution in [2.45, 2.75) is 0 Å². The van der Waals surface area contributed by atoms with Crippen molar-refractivity contribution < 1.29 is 0 Å². The minimum absolute atomic E-state index is 0.801. The van der Waals surface area contributed by atoms with E-state index >= 15 is 0 Å². The van der Waals surface area contributed by atoms with Crippen LogP contribution in [-0.4, -0.2) is 43.0 Å². The van der Waals surface area contributed by atoms with Crippen LogP contribution < -0.4 is 0 Å². The van der Waals surface area contributed by atoms with Gasteiger partial charge in [-0.3, -0.25) is 4.90 Å². The van der Waals surface area contributed by atoms with Gasteiger partial charge in [0.05, 0.1) is 0 Å². The van der Waals surface area contributed by atoms with Gasteiger partial charge in [-0.2, -0.15) is 0 Å². The molecule has 2 heterocycles. The number of fused-ring (bicyclic) bond motifs is 1. The highest BCUT2D eigenvalue weighted by atomic mass is 15.2. The van der Waals surface area contributed by atoms with Crippen LogP contribution in [0.15, 0.2) is 24.4 Å². The number of likely N-dealkylation sites (tertiary alicyclic amines) is 1. The summed E-state index contributed by atoms with van der Waals surface area (Å²) >= 11 is 0. The first-order valence-electron chi connectivity index (χ1n) is 4.53. The van der Waals surface area contributed by atoms with E-state index < -0.39 is 0 Å². The molecule has 0 radical (unpaired) electrons. The van der Waals surface area contributed by atoms with Crippen LogP contribution in [0, 0.1) is 5.92 Å². The first kappa shape index (κ1) is 7.87. The molecule has 2 aliphatic heterocycles. The lowest BCUT2D eigenvalue weighted by atomic mass is 10.1. The van der Waals surface area contributed by atoms with Crippen LogP contribution in [0.25, 0.3) is 0 Å². The molecule has 0 saturated carbocycles. The van der Waals surface area contributed by atoms with E-state index in [0.29, 0.717) is 0 Å². The maximum absolute atomic E-state index is 3.76. The van der Waals surface area contributed by atoms with E-state index in [0.717, 1.165) is 19.0 Å². The fourth-order valence-electron chi connectivity index (χ4n) is 2.21. The zero-order chi connectivity index (χ0) is 8.55. The summed E-state index contributed by atoms with van der Waals surface area (Å²) < 4.78 is 0. The second-order valence-electron chi connectivity index (χ2n) is 3.82. The Bertz CT molecular complexity index is 220. The fraction of sp³-hybridized carbons (Fsp3) is 0.600. The summed E-state index contributed by atoms with van der Waals surface area (Å²) in [5, 5.41) is 0. The van der Waals surface area contributed by atoms with Gasteiger partial charge >= 0.3 is 0 Å². The quantitative estimate of drug-likeness (QED) is 0.560. The third kappa shape index (κ3) is 1.27. The third-order valence-electron chi connectivity index (χ3n) is 2.69. The summed E-state index contributed by atoms with van der Waals surface area (Å²) in [5.41, 5.74) is 1.61. The minimum atomic E-state index is 0.801. The van der Waals surface area contributed by atoms with E-state index in [1.165, 1.54) is 13.1 Å². The Morgan fingerprint density at radius 3 is 3.17 bits per heavy atom. The second kappa shape index (κ2) is 2.94. The molecule has 2 heteroatoms. The SMILES string of the molecule is C=CCN1CC2=CN(C)CC2C1. The average molecular weight is 164 g/mol. The van der Waals surface area contributed by atoms with Crippen LogP contribution in [0.3, 0.4) is 0 Å². The van der Waals surface area contributed by atoms with Crippen LogP contribution in [0.2, 0.25) is 0 Å². The van der Waals surface area contributed by atoms with Gasteiger partial charge in [-0.25, -0.2) is 0 Å². The summed E-state index contributed by atoms with van der Waals surface area (Å²) in [6.07, 6.45) is 4.29. The molecule has 12 heavy (non-hydrogen) atoms. The first-order valence-corrected chi connectivity index (χ1v) is 4.53. The molecular weight excluding hydrogens is 148 g/mol. The third-order valence-corrected chi connectivity index (χ3v) is 2.69. The zero-order valence-corrected chi connectivity index (χ0v) is 7.66. The highest BCUT2D eigenvalue weighted by Gasteiger charge is 2.31. The molecule has 1 fully saturated rings. The lowest BCUT2D eigenvalue weighted by Crippen LogP contribution is -2.24. The Morgan fingerprint density at radius 1 is 1.67 bits per heavy atom. The van der Waals surface area contributed by atoms with Gasteiger partial charge in [-0.05, 0) is 11.8 Å². The van der Waals surface area contributed by atoms with Gasteiger partial charge in [-0.1, -0.05) is 6.08 Å². The molecular formula is C10H16N2. The maximum atomic E-state index is 3.76. The van der Waals surface area contributed by atoms with Crippen LogP contribution in [0.5, 0.6) is 0 Å². The van der Waals surface area contributed by atoms with Crippen molar-refractivity contribution in [2.75, 3.05) is 33.2 Å². The van der Waals surface area contributed by atoms with Crippen molar-refractivity contribution in [2.24, 2.45) is 5.92 Å². The van der Waals surface area contributed by atoms with Gasteiger partial charge in [-0.15, -0.1) is 6.58 Å². The van der Waals surface area contributed by atoms with Crippen LogP contribution in [0.4, 0.5) is 0 Å². The van der Waals surface area contributed by atoms with Gasteiger partial charge in [0.2, 0.25) is 0 Å². The molecule has 0 aromatic rings. The first-order chi connectivity index (χ1) is 5.79. The Morgan fingerprint density at radius 2 is 2.50 bits per heavy atom. The topological polar surface area (TPSA) is 6.48 Å². The zero-order valence-electron chi connectivity index (χ0n) is 7.66. The summed E-state index contributed by atoms with van der Waals surface area (Å²) in [4.78, 5) is 4.75. The van der Waals surface area contributed by atoms with E-state index in [-0.39, 0.29) is 0 Å². The molecule has 2 rings (SSSR count). The molecule has 0 N–H and O–H groups in total. The smallest absolute Gasteiger partial charge is 0.0248 e. The fourth-order valence-corrected chi connectivity index (χ4v) is 2.21.